The summed E-state index contributed by atoms with van der Waals surface area (Å²) in [6.07, 6.45) is 2.37. The molecule has 0 aromatic heterocycles. The highest BCUT2D eigenvalue weighted by Gasteiger charge is 2.14. The molecular weight excluding hydrogens is 356 g/mol. The molecule has 0 saturated heterocycles. The summed E-state index contributed by atoms with van der Waals surface area (Å²) in [5.41, 5.74) is 7.05. The number of anilines is 2. The Bertz CT molecular complexity index is 817. The fourth-order valence-corrected chi connectivity index (χ4v) is 2.61. The lowest BCUT2D eigenvalue weighted by atomic mass is 10.2. The molecule has 4 N–H and O–H groups in total. The zero-order valence-electron chi connectivity index (χ0n) is 16.2. The molecule has 2 aromatic rings. The van der Waals surface area contributed by atoms with Gasteiger partial charge in [-0.05, 0) is 55.0 Å². The van der Waals surface area contributed by atoms with Crippen LogP contribution < -0.4 is 20.7 Å². The molecule has 0 radical (unpaired) electrons. The van der Waals surface area contributed by atoms with Crippen LogP contribution in [0.4, 0.5) is 11.4 Å². The first kappa shape index (κ1) is 21.0. The smallest absolute Gasteiger partial charge is 0.343 e. The molecule has 28 heavy (non-hydrogen) atoms. The maximum atomic E-state index is 12.3. The van der Waals surface area contributed by atoms with Crippen LogP contribution in [0.25, 0.3) is 0 Å². The summed E-state index contributed by atoms with van der Waals surface area (Å²) in [4.78, 5) is 26.2. The normalized spacial score (nSPS) is 10.2. The number of carbonyl (C=O) groups excluding carboxylic acids is 2. The van der Waals surface area contributed by atoms with Crippen molar-refractivity contribution in [3.05, 3.63) is 54.1 Å². The van der Waals surface area contributed by atoms with Crippen LogP contribution in [-0.2, 0) is 4.79 Å². The van der Waals surface area contributed by atoms with Crippen molar-refractivity contribution >= 4 is 29.2 Å². The summed E-state index contributed by atoms with van der Waals surface area (Å²) in [6.45, 7) is 4.59. The molecule has 0 aliphatic rings. The van der Waals surface area contributed by atoms with E-state index in [0.717, 1.165) is 18.5 Å². The quantitative estimate of drug-likeness (QED) is 0.279. The molecule has 0 atom stereocenters. The molecule has 1 amide bonds. The van der Waals surface area contributed by atoms with Crippen LogP contribution in [0.3, 0.4) is 0 Å². The number of esters is 1. The average Bonchev–Trinajstić information content (AvgIpc) is 2.69. The van der Waals surface area contributed by atoms with Crippen LogP contribution in [-0.4, -0.2) is 24.4 Å². The third-order valence-electron chi connectivity index (χ3n) is 4.10. The first-order chi connectivity index (χ1) is 13.4. The Morgan fingerprint density at radius 3 is 2.25 bits per heavy atom. The number of rotatable bonds is 8. The van der Waals surface area contributed by atoms with E-state index in [-0.39, 0.29) is 11.9 Å². The van der Waals surface area contributed by atoms with Crippen molar-refractivity contribution in [2.24, 2.45) is 5.73 Å². The number of ether oxygens (including phenoxy) is 1. The second kappa shape index (κ2) is 10.1. The van der Waals surface area contributed by atoms with Crippen molar-refractivity contribution in [1.82, 2.24) is 0 Å². The fraction of sp³-hybridized carbons (Fsp3) is 0.286. The Hall–Kier alpha value is -3.35. The predicted octanol–water partition coefficient (Wildman–Crippen LogP) is 3.75. The molecule has 0 bridgehead atoms. The molecule has 0 saturated carbocycles. The van der Waals surface area contributed by atoms with Crippen molar-refractivity contribution in [3.63, 3.8) is 0 Å². The van der Waals surface area contributed by atoms with E-state index in [1.54, 1.807) is 53.4 Å². The summed E-state index contributed by atoms with van der Waals surface area (Å²) in [6, 6.07) is 13.4. The van der Waals surface area contributed by atoms with E-state index < -0.39 is 5.97 Å². The van der Waals surface area contributed by atoms with Gasteiger partial charge in [0.1, 0.15) is 5.75 Å². The number of unbranched alkanes of at least 4 members (excludes halogenated alkanes) is 1. The highest BCUT2D eigenvalue weighted by Crippen LogP contribution is 2.22. The number of nitrogens with two attached hydrogens (primary N) is 1. The zero-order chi connectivity index (χ0) is 20.5. The molecule has 0 aliphatic heterocycles. The van der Waals surface area contributed by atoms with E-state index in [9.17, 15) is 9.59 Å². The summed E-state index contributed by atoms with van der Waals surface area (Å²) >= 11 is 0. The Kier molecular flexibility index (Phi) is 7.56. The Morgan fingerprint density at radius 2 is 1.71 bits per heavy atom. The number of amides is 1. The predicted molar refractivity (Wildman–Crippen MR) is 111 cm³/mol. The van der Waals surface area contributed by atoms with Gasteiger partial charge in [0, 0.05) is 24.3 Å². The molecular formula is C21H26N4O3. The van der Waals surface area contributed by atoms with Crippen molar-refractivity contribution in [3.8, 4) is 5.75 Å². The Balaban J connectivity index is 2.05. The summed E-state index contributed by atoms with van der Waals surface area (Å²) in [5.74, 6) is -0.198. The fourth-order valence-electron chi connectivity index (χ4n) is 2.61. The molecule has 0 unspecified atom stereocenters. The summed E-state index contributed by atoms with van der Waals surface area (Å²) in [7, 11) is 0. The molecule has 0 heterocycles. The van der Waals surface area contributed by atoms with E-state index in [1.165, 1.54) is 0 Å². The number of hydrogen-bond donors (Lipinski definition) is 3. The van der Waals surface area contributed by atoms with E-state index in [1.807, 2.05) is 6.92 Å². The number of hydrogen-bond acceptors (Lipinski definition) is 4. The van der Waals surface area contributed by atoms with Gasteiger partial charge in [0.05, 0.1) is 5.56 Å². The number of carbonyl (C=O) groups is 2. The minimum Gasteiger partial charge on any atom is -0.423 e. The van der Waals surface area contributed by atoms with Crippen LogP contribution >= 0.6 is 0 Å². The van der Waals surface area contributed by atoms with Gasteiger partial charge >= 0.3 is 5.97 Å². The highest BCUT2D eigenvalue weighted by molar-refractivity contribution is 5.94. The molecule has 2 aromatic carbocycles. The molecule has 148 valence electrons. The van der Waals surface area contributed by atoms with E-state index >= 15 is 0 Å². The van der Waals surface area contributed by atoms with Crippen molar-refractivity contribution in [1.29, 1.82) is 5.41 Å². The van der Waals surface area contributed by atoms with Crippen molar-refractivity contribution < 1.29 is 14.3 Å². The Morgan fingerprint density at radius 1 is 1.07 bits per heavy atom. The van der Waals surface area contributed by atoms with E-state index in [0.29, 0.717) is 30.0 Å². The maximum Gasteiger partial charge on any atom is 0.343 e. The summed E-state index contributed by atoms with van der Waals surface area (Å²) in [5, 5.41) is 9.83. The third-order valence-corrected chi connectivity index (χ3v) is 4.10. The summed E-state index contributed by atoms with van der Waals surface area (Å²) < 4.78 is 5.39. The molecule has 0 aliphatic carbocycles. The molecule has 7 heteroatoms. The van der Waals surface area contributed by atoms with Gasteiger partial charge in [0.25, 0.3) is 0 Å². The molecule has 2 rings (SSSR count). The van der Waals surface area contributed by atoms with Crippen molar-refractivity contribution in [2.75, 3.05) is 16.8 Å². The van der Waals surface area contributed by atoms with Crippen molar-refractivity contribution in [2.45, 2.75) is 33.1 Å². The van der Waals surface area contributed by atoms with Gasteiger partial charge in [-0.1, -0.05) is 20.3 Å². The van der Waals surface area contributed by atoms with Crippen LogP contribution in [0.5, 0.6) is 5.75 Å². The monoisotopic (exact) mass is 382 g/mol. The first-order valence-corrected chi connectivity index (χ1v) is 9.28. The third kappa shape index (κ3) is 5.84. The van der Waals surface area contributed by atoms with Gasteiger partial charge in [0.2, 0.25) is 5.91 Å². The molecule has 0 spiro atoms. The minimum atomic E-state index is -0.491. The largest absolute Gasteiger partial charge is 0.423 e. The second-order valence-electron chi connectivity index (χ2n) is 6.25. The molecule has 0 fully saturated rings. The van der Waals surface area contributed by atoms with Crippen LogP contribution in [0.2, 0.25) is 0 Å². The number of nitrogens with zero attached hydrogens (tertiary/aromatic N) is 1. The number of guanidine groups is 1. The highest BCUT2D eigenvalue weighted by atomic mass is 16.5. The van der Waals surface area contributed by atoms with Gasteiger partial charge in [-0.3, -0.25) is 10.2 Å². The van der Waals surface area contributed by atoms with Gasteiger partial charge in [-0.25, -0.2) is 4.79 Å². The Labute approximate surface area is 165 Å². The van der Waals surface area contributed by atoms with Gasteiger partial charge in [0.15, 0.2) is 5.96 Å². The van der Waals surface area contributed by atoms with Gasteiger partial charge in [-0.15, -0.1) is 0 Å². The lowest BCUT2D eigenvalue weighted by molar-refractivity contribution is -0.118. The van der Waals surface area contributed by atoms with Crippen LogP contribution in [0.15, 0.2) is 48.5 Å². The van der Waals surface area contributed by atoms with E-state index in [2.05, 4.69) is 12.2 Å². The maximum absolute atomic E-state index is 12.3. The number of benzene rings is 2. The number of nitrogens with one attached hydrogen (secondary N) is 2. The van der Waals surface area contributed by atoms with Crippen LogP contribution in [0.1, 0.15) is 43.5 Å². The second-order valence-corrected chi connectivity index (χ2v) is 6.25. The first-order valence-electron chi connectivity index (χ1n) is 9.28. The SMILES string of the molecule is CCCCN(C(=O)CC)c1ccc(OC(=O)c2ccc(NC(=N)N)cc2)cc1. The zero-order valence-corrected chi connectivity index (χ0v) is 16.2. The lowest BCUT2D eigenvalue weighted by Gasteiger charge is -2.22. The lowest BCUT2D eigenvalue weighted by Crippen LogP contribution is -2.31. The van der Waals surface area contributed by atoms with E-state index in [4.69, 9.17) is 15.9 Å². The standard InChI is InChI=1S/C21H26N4O3/c1-3-5-14-25(19(26)4-2)17-10-12-18(13-11-17)28-20(27)15-6-8-16(9-7-15)24-21(22)23/h6-13H,3-5,14H2,1-2H3,(H4,22,23,24). The van der Waals surface area contributed by atoms with Crippen LogP contribution in [0, 0.1) is 5.41 Å². The molecule has 7 nitrogen and oxygen atoms in total. The van der Waals surface area contributed by atoms with Gasteiger partial charge in [-0.2, -0.15) is 0 Å². The topological polar surface area (TPSA) is 109 Å². The minimum absolute atomic E-state index is 0.0671. The average molecular weight is 382 g/mol. The van der Waals surface area contributed by atoms with Gasteiger partial charge < -0.3 is 20.7 Å².